The van der Waals surface area contributed by atoms with E-state index in [2.05, 4.69) is 10.6 Å². The predicted octanol–water partition coefficient (Wildman–Crippen LogP) is 0.712. The molecule has 0 spiro atoms. The van der Waals surface area contributed by atoms with Gasteiger partial charge in [-0.25, -0.2) is 4.79 Å². The van der Waals surface area contributed by atoms with Crippen molar-refractivity contribution >= 4 is 23.7 Å². The van der Waals surface area contributed by atoms with E-state index in [1.807, 2.05) is 0 Å². The van der Waals surface area contributed by atoms with Crippen LogP contribution < -0.4 is 20.1 Å². The van der Waals surface area contributed by atoms with Crippen LogP contribution in [0.25, 0.3) is 0 Å². The number of rotatable bonds is 6. The molecular weight excluding hydrogens is 296 g/mol. The Kier molecular flexibility index (Phi) is 4.66. The van der Waals surface area contributed by atoms with Gasteiger partial charge in [-0.3, -0.25) is 9.59 Å². The highest BCUT2D eigenvalue weighted by atomic mass is 16.7. The number of carboxylic acids is 2. The molecule has 4 N–H and O–H groups in total. The number of urea groups is 1. The Morgan fingerprint density at radius 2 is 1.91 bits per heavy atom. The lowest BCUT2D eigenvalue weighted by Gasteiger charge is -2.12. The molecule has 22 heavy (non-hydrogen) atoms. The highest BCUT2D eigenvalue weighted by Gasteiger charge is 2.22. The Labute approximate surface area is 124 Å². The Bertz CT molecular complexity index is 602. The number of anilines is 1. The quantitative estimate of drug-likeness (QED) is 0.608. The number of hydrogen-bond acceptors (Lipinski definition) is 5. The molecule has 0 bridgehead atoms. The average molecular weight is 310 g/mol. The summed E-state index contributed by atoms with van der Waals surface area (Å²) >= 11 is 0. The van der Waals surface area contributed by atoms with Crippen molar-refractivity contribution in [3.63, 3.8) is 0 Å². The molecule has 1 aliphatic heterocycles. The van der Waals surface area contributed by atoms with E-state index in [1.54, 1.807) is 18.2 Å². The summed E-state index contributed by atoms with van der Waals surface area (Å²) in [6.45, 7) is -0.182. The number of carbonyl (C=O) groups is 3. The molecule has 1 heterocycles. The zero-order valence-electron chi connectivity index (χ0n) is 11.4. The lowest BCUT2D eigenvalue weighted by atomic mass is 10.1. The third-order valence-corrected chi connectivity index (χ3v) is 2.91. The molecule has 1 aromatic rings. The summed E-state index contributed by atoms with van der Waals surface area (Å²) in [7, 11) is 0. The standard InChI is InChI=1S/C13H14N2O7/c16-11(17)3-7(12(18)19)5-14-13(20)15-8-1-2-9-10(4-8)22-6-21-9/h1-2,4,7H,3,5-6H2,(H,16,17)(H,18,19)(H2,14,15,20). The van der Waals surface area contributed by atoms with Crippen molar-refractivity contribution in [2.75, 3.05) is 18.7 Å². The maximum atomic E-state index is 11.7. The minimum absolute atomic E-state index is 0.112. The van der Waals surface area contributed by atoms with E-state index < -0.39 is 30.3 Å². The number of fused-ring (bicyclic) bond motifs is 1. The third-order valence-electron chi connectivity index (χ3n) is 2.91. The van der Waals surface area contributed by atoms with Crippen LogP contribution in [0.3, 0.4) is 0 Å². The number of amides is 2. The molecule has 0 fully saturated rings. The fraction of sp³-hybridized carbons (Fsp3) is 0.308. The summed E-state index contributed by atoms with van der Waals surface area (Å²) in [6, 6.07) is 4.14. The molecule has 0 aliphatic carbocycles. The van der Waals surface area contributed by atoms with Gasteiger partial charge in [-0.15, -0.1) is 0 Å². The summed E-state index contributed by atoms with van der Waals surface area (Å²) in [5.74, 6) is -2.67. The van der Waals surface area contributed by atoms with Gasteiger partial charge < -0.3 is 30.3 Å². The van der Waals surface area contributed by atoms with E-state index in [-0.39, 0.29) is 13.3 Å². The molecular formula is C13H14N2O7. The molecule has 0 saturated carbocycles. The van der Waals surface area contributed by atoms with Gasteiger partial charge in [-0.2, -0.15) is 0 Å². The SMILES string of the molecule is O=C(O)CC(CNC(=O)Nc1ccc2c(c1)OCO2)C(=O)O. The van der Waals surface area contributed by atoms with Crippen molar-refractivity contribution in [3.05, 3.63) is 18.2 Å². The fourth-order valence-corrected chi connectivity index (χ4v) is 1.82. The van der Waals surface area contributed by atoms with Crippen molar-refractivity contribution < 1.29 is 34.1 Å². The van der Waals surface area contributed by atoms with Crippen molar-refractivity contribution in [2.24, 2.45) is 5.92 Å². The second kappa shape index (κ2) is 6.66. The summed E-state index contributed by atoms with van der Waals surface area (Å²) < 4.78 is 10.3. The number of aliphatic carboxylic acids is 2. The van der Waals surface area contributed by atoms with Crippen molar-refractivity contribution in [1.82, 2.24) is 5.32 Å². The predicted molar refractivity (Wildman–Crippen MR) is 73.0 cm³/mol. The molecule has 0 radical (unpaired) electrons. The first-order chi connectivity index (χ1) is 10.5. The van der Waals surface area contributed by atoms with Crippen LogP contribution in [0.5, 0.6) is 11.5 Å². The van der Waals surface area contributed by atoms with E-state index in [1.165, 1.54) is 0 Å². The zero-order valence-corrected chi connectivity index (χ0v) is 11.4. The lowest BCUT2D eigenvalue weighted by molar-refractivity contribution is -0.148. The van der Waals surface area contributed by atoms with E-state index in [0.29, 0.717) is 17.2 Å². The molecule has 1 aliphatic rings. The molecule has 2 rings (SSSR count). The summed E-state index contributed by atoms with van der Waals surface area (Å²) in [5, 5.41) is 22.3. The van der Waals surface area contributed by atoms with E-state index in [0.717, 1.165) is 0 Å². The van der Waals surface area contributed by atoms with Gasteiger partial charge in [0.15, 0.2) is 11.5 Å². The molecule has 2 amide bonds. The van der Waals surface area contributed by atoms with Crippen molar-refractivity contribution in [3.8, 4) is 11.5 Å². The van der Waals surface area contributed by atoms with Gasteiger partial charge in [-0.1, -0.05) is 0 Å². The van der Waals surface area contributed by atoms with Gasteiger partial charge in [0, 0.05) is 18.3 Å². The maximum absolute atomic E-state index is 11.7. The second-order valence-electron chi connectivity index (χ2n) is 4.54. The fourth-order valence-electron chi connectivity index (χ4n) is 1.82. The van der Waals surface area contributed by atoms with Crippen LogP contribution >= 0.6 is 0 Å². The monoisotopic (exact) mass is 310 g/mol. The topological polar surface area (TPSA) is 134 Å². The van der Waals surface area contributed by atoms with Crippen LogP contribution in [0, 0.1) is 5.92 Å². The highest BCUT2D eigenvalue weighted by Crippen LogP contribution is 2.34. The summed E-state index contributed by atoms with van der Waals surface area (Å²) in [6.07, 6.45) is -0.570. The van der Waals surface area contributed by atoms with Gasteiger partial charge in [0.05, 0.1) is 12.3 Å². The van der Waals surface area contributed by atoms with Crippen LogP contribution in [0.1, 0.15) is 6.42 Å². The normalized spacial score (nSPS) is 13.3. The molecule has 0 saturated heterocycles. The second-order valence-corrected chi connectivity index (χ2v) is 4.54. The van der Waals surface area contributed by atoms with Crippen LogP contribution in [-0.4, -0.2) is 41.5 Å². The Morgan fingerprint density at radius 3 is 2.59 bits per heavy atom. The van der Waals surface area contributed by atoms with E-state index in [9.17, 15) is 14.4 Å². The zero-order chi connectivity index (χ0) is 16.1. The van der Waals surface area contributed by atoms with E-state index >= 15 is 0 Å². The van der Waals surface area contributed by atoms with Gasteiger partial charge in [-0.05, 0) is 12.1 Å². The molecule has 9 nitrogen and oxygen atoms in total. The summed E-state index contributed by atoms with van der Waals surface area (Å²) in [5.41, 5.74) is 0.437. The minimum Gasteiger partial charge on any atom is -0.481 e. The molecule has 0 aromatic heterocycles. The third kappa shape index (κ3) is 4.01. The van der Waals surface area contributed by atoms with Crippen molar-refractivity contribution in [2.45, 2.75) is 6.42 Å². The molecule has 1 unspecified atom stereocenters. The van der Waals surface area contributed by atoms with E-state index in [4.69, 9.17) is 19.7 Å². The molecule has 1 atom stereocenters. The van der Waals surface area contributed by atoms with Crippen LogP contribution in [-0.2, 0) is 9.59 Å². The van der Waals surface area contributed by atoms with Crippen molar-refractivity contribution in [1.29, 1.82) is 0 Å². The van der Waals surface area contributed by atoms with Crippen LogP contribution in [0.2, 0.25) is 0 Å². The van der Waals surface area contributed by atoms with Crippen LogP contribution in [0.4, 0.5) is 10.5 Å². The first-order valence-corrected chi connectivity index (χ1v) is 6.35. The largest absolute Gasteiger partial charge is 0.481 e. The number of ether oxygens (including phenoxy) is 2. The number of nitrogens with one attached hydrogen (secondary N) is 2. The first-order valence-electron chi connectivity index (χ1n) is 6.35. The Hall–Kier alpha value is -2.97. The number of carboxylic acid groups (broad SMARTS) is 2. The van der Waals surface area contributed by atoms with Gasteiger partial charge in [0.2, 0.25) is 6.79 Å². The number of hydrogen-bond donors (Lipinski definition) is 4. The minimum atomic E-state index is -1.29. The molecule has 1 aromatic carbocycles. The first kappa shape index (κ1) is 15.4. The smallest absolute Gasteiger partial charge is 0.319 e. The lowest BCUT2D eigenvalue weighted by Crippen LogP contribution is -2.36. The van der Waals surface area contributed by atoms with Gasteiger partial charge in [0.25, 0.3) is 0 Å². The number of carbonyl (C=O) groups excluding carboxylic acids is 1. The number of benzene rings is 1. The molecule has 9 heteroatoms. The highest BCUT2D eigenvalue weighted by molar-refractivity contribution is 5.90. The maximum Gasteiger partial charge on any atom is 0.319 e. The summed E-state index contributed by atoms with van der Waals surface area (Å²) in [4.78, 5) is 33.1. The molecule has 118 valence electrons. The Balaban J connectivity index is 1.87. The average Bonchev–Trinajstić information content (AvgIpc) is 2.90. The van der Waals surface area contributed by atoms with Gasteiger partial charge >= 0.3 is 18.0 Å². The Morgan fingerprint density at radius 1 is 1.18 bits per heavy atom. The van der Waals surface area contributed by atoms with Gasteiger partial charge in [0.1, 0.15) is 0 Å². The van der Waals surface area contributed by atoms with Crippen LogP contribution in [0.15, 0.2) is 18.2 Å².